The molecule has 18 heavy (non-hydrogen) atoms. The van der Waals surface area contributed by atoms with Gasteiger partial charge in [0, 0.05) is 0 Å². The zero-order valence-corrected chi connectivity index (χ0v) is 10.5. The van der Waals surface area contributed by atoms with Gasteiger partial charge in [-0.15, -0.1) is 0 Å². The van der Waals surface area contributed by atoms with Crippen LogP contribution in [0.25, 0.3) is 0 Å². The van der Waals surface area contributed by atoms with E-state index >= 15 is 0 Å². The molecule has 1 unspecified atom stereocenters. The van der Waals surface area contributed by atoms with Crippen LogP contribution in [0.2, 0.25) is 0 Å². The van der Waals surface area contributed by atoms with Crippen molar-refractivity contribution in [3.8, 4) is 0 Å². The summed E-state index contributed by atoms with van der Waals surface area (Å²) in [6.07, 6.45) is 1.39. The maximum atomic E-state index is 11.4. The summed E-state index contributed by atoms with van der Waals surface area (Å²) in [5.41, 5.74) is 0.434. The van der Waals surface area contributed by atoms with Crippen molar-refractivity contribution in [1.82, 2.24) is 15.2 Å². The second kappa shape index (κ2) is 4.75. The number of nitrogens with one attached hydrogen (secondary N) is 2. The SMILES string of the molecule is CC(Nc1ccccc1S(N)(=O)=O)c1ncn[nH]1. The summed E-state index contributed by atoms with van der Waals surface area (Å²) in [6.45, 7) is 1.83. The summed E-state index contributed by atoms with van der Waals surface area (Å²) in [5, 5.41) is 14.6. The lowest BCUT2D eigenvalue weighted by Crippen LogP contribution is -2.16. The van der Waals surface area contributed by atoms with Gasteiger partial charge in [0.1, 0.15) is 17.0 Å². The molecule has 1 heterocycles. The van der Waals surface area contributed by atoms with Crippen molar-refractivity contribution in [2.45, 2.75) is 17.9 Å². The van der Waals surface area contributed by atoms with Crippen LogP contribution in [-0.4, -0.2) is 23.6 Å². The highest BCUT2D eigenvalue weighted by atomic mass is 32.2. The van der Waals surface area contributed by atoms with Crippen molar-refractivity contribution in [3.05, 3.63) is 36.4 Å². The molecule has 2 rings (SSSR count). The molecule has 0 saturated carbocycles. The maximum Gasteiger partial charge on any atom is 0.240 e. The third-order valence-corrected chi connectivity index (χ3v) is 3.38. The van der Waals surface area contributed by atoms with Crippen LogP contribution in [0, 0.1) is 0 Å². The number of aromatic nitrogens is 3. The van der Waals surface area contributed by atoms with Gasteiger partial charge in [-0.05, 0) is 19.1 Å². The van der Waals surface area contributed by atoms with Gasteiger partial charge >= 0.3 is 0 Å². The van der Waals surface area contributed by atoms with E-state index in [-0.39, 0.29) is 10.9 Å². The van der Waals surface area contributed by atoms with Gasteiger partial charge < -0.3 is 5.32 Å². The Labute approximate surface area is 104 Å². The molecule has 0 bridgehead atoms. The Morgan fingerprint density at radius 3 is 2.72 bits per heavy atom. The van der Waals surface area contributed by atoms with Gasteiger partial charge in [0.25, 0.3) is 0 Å². The third kappa shape index (κ3) is 2.66. The normalized spacial score (nSPS) is 13.2. The van der Waals surface area contributed by atoms with Crippen LogP contribution in [0.4, 0.5) is 5.69 Å². The molecule has 0 radical (unpaired) electrons. The summed E-state index contributed by atoms with van der Waals surface area (Å²) in [5.74, 6) is 0.610. The zero-order chi connectivity index (χ0) is 13.2. The highest BCUT2D eigenvalue weighted by Crippen LogP contribution is 2.23. The summed E-state index contributed by atoms with van der Waals surface area (Å²) in [4.78, 5) is 4.05. The second-order valence-corrected chi connectivity index (χ2v) is 5.31. The van der Waals surface area contributed by atoms with E-state index in [1.807, 2.05) is 6.92 Å². The Balaban J connectivity index is 2.30. The average Bonchev–Trinajstić information content (AvgIpc) is 2.81. The Morgan fingerprint density at radius 2 is 2.11 bits per heavy atom. The monoisotopic (exact) mass is 267 g/mol. The van der Waals surface area contributed by atoms with Crippen molar-refractivity contribution in [2.75, 3.05) is 5.32 Å². The quantitative estimate of drug-likeness (QED) is 0.751. The third-order valence-electron chi connectivity index (χ3n) is 2.41. The van der Waals surface area contributed by atoms with E-state index in [1.165, 1.54) is 12.4 Å². The van der Waals surface area contributed by atoms with Crippen molar-refractivity contribution in [2.24, 2.45) is 5.14 Å². The van der Waals surface area contributed by atoms with Gasteiger partial charge in [0.2, 0.25) is 10.0 Å². The minimum atomic E-state index is -3.76. The van der Waals surface area contributed by atoms with Crippen LogP contribution in [0.1, 0.15) is 18.8 Å². The predicted octanol–water partition coefficient (Wildman–Crippen LogP) is 0.625. The number of hydrogen-bond acceptors (Lipinski definition) is 5. The number of H-pyrrole nitrogens is 1. The molecule has 4 N–H and O–H groups in total. The number of hydrogen-bond donors (Lipinski definition) is 3. The fourth-order valence-corrected chi connectivity index (χ4v) is 2.26. The first-order valence-corrected chi connectivity index (χ1v) is 6.77. The van der Waals surface area contributed by atoms with Crippen LogP contribution >= 0.6 is 0 Å². The highest BCUT2D eigenvalue weighted by molar-refractivity contribution is 7.89. The summed E-state index contributed by atoms with van der Waals surface area (Å²) in [7, 11) is -3.76. The van der Waals surface area contributed by atoms with E-state index in [4.69, 9.17) is 5.14 Å². The van der Waals surface area contributed by atoms with E-state index in [0.29, 0.717) is 11.5 Å². The van der Waals surface area contributed by atoms with Gasteiger partial charge in [-0.3, -0.25) is 5.10 Å². The molecule has 0 fully saturated rings. The molecule has 96 valence electrons. The lowest BCUT2D eigenvalue weighted by atomic mass is 10.2. The molecule has 1 aromatic carbocycles. The molecule has 0 aliphatic carbocycles. The van der Waals surface area contributed by atoms with Gasteiger partial charge in [-0.1, -0.05) is 12.1 Å². The molecule has 0 aliphatic heterocycles. The number of nitrogens with two attached hydrogens (primary N) is 1. The average molecular weight is 267 g/mol. The molecule has 0 aliphatic rings. The number of anilines is 1. The van der Waals surface area contributed by atoms with Crippen molar-refractivity contribution in [1.29, 1.82) is 0 Å². The number of benzene rings is 1. The smallest absolute Gasteiger partial charge is 0.240 e. The number of nitrogens with zero attached hydrogens (tertiary/aromatic N) is 2. The highest BCUT2D eigenvalue weighted by Gasteiger charge is 2.16. The van der Waals surface area contributed by atoms with E-state index in [0.717, 1.165) is 0 Å². The Bertz CT molecular complexity index is 623. The first kappa shape index (κ1) is 12.5. The predicted molar refractivity (Wildman–Crippen MR) is 66.2 cm³/mol. The molecule has 1 atom stereocenters. The summed E-state index contributed by atoms with van der Waals surface area (Å²) in [6, 6.07) is 6.22. The van der Waals surface area contributed by atoms with E-state index in [9.17, 15) is 8.42 Å². The fraction of sp³-hybridized carbons (Fsp3) is 0.200. The van der Waals surface area contributed by atoms with Crippen molar-refractivity contribution < 1.29 is 8.42 Å². The number of aromatic amines is 1. The van der Waals surface area contributed by atoms with Crippen LogP contribution in [0.5, 0.6) is 0 Å². The molecule has 1 aromatic heterocycles. The number of sulfonamides is 1. The minimum absolute atomic E-state index is 0.0522. The van der Waals surface area contributed by atoms with Crippen molar-refractivity contribution in [3.63, 3.8) is 0 Å². The number of para-hydroxylation sites is 1. The van der Waals surface area contributed by atoms with Gasteiger partial charge in [0.15, 0.2) is 0 Å². The van der Waals surface area contributed by atoms with E-state index < -0.39 is 10.0 Å². The first-order valence-electron chi connectivity index (χ1n) is 5.22. The Morgan fingerprint density at radius 1 is 1.39 bits per heavy atom. The molecular weight excluding hydrogens is 254 g/mol. The maximum absolute atomic E-state index is 11.4. The molecule has 2 aromatic rings. The van der Waals surface area contributed by atoms with Crippen LogP contribution in [-0.2, 0) is 10.0 Å². The topological polar surface area (TPSA) is 114 Å². The van der Waals surface area contributed by atoms with Gasteiger partial charge in [-0.25, -0.2) is 18.5 Å². The van der Waals surface area contributed by atoms with Crippen LogP contribution < -0.4 is 10.5 Å². The molecule has 0 amide bonds. The first-order chi connectivity index (χ1) is 8.48. The van der Waals surface area contributed by atoms with Crippen LogP contribution in [0.15, 0.2) is 35.5 Å². The Kier molecular flexibility index (Phi) is 3.30. The zero-order valence-electron chi connectivity index (χ0n) is 9.66. The lowest BCUT2D eigenvalue weighted by Gasteiger charge is -2.15. The number of primary sulfonamides is 1. The standard InChI is InChI=1S/C10H13N5O2S/c1-7(10-12-6-13-15-10)14-8-4-2-3-5-9(8)18(11,16)17/h2-7,14H,1H3,(H2,11,16,17)(H,12,13,15). The lowest BCUT2D eigenvalue weighted by molar-refractivity contribution is 0.598. The molecule has 0 saturated heterocycles. The number of rotatable bonds is 4. The van der Waals surface area contributed by atoms with Crippen molar-refractivity contribution >= 4 is 15.7 Å². The molecule has 8 heteroatoms. The second-order valence-electron chi connectivity index (χ2n) is 3.78. The molecule has 0 spiro atoms. The fourth-order valence-electron chi connectivity index (χ4n) is 1.56. The molecular formula is C10H13N5O2S. The van der Waals surface area contributed by atoms with E-state index in [1.54, 1.807) is 18.2 Å². The van der Waals surface area contributed by atoms with Gasteiger partial charge in [-0.2, -0.15) is 5.10 Å². The minimum Gasteiger partial charge on any atom is -0.374 e. The Hall–Kier alpha value is -1.93. The van der Waals surface area contributed by atoms with Crippen LogP contribution in [0.3, 0.4) is 0 Å². The van der Waals surface area contributed by atoms with Gasteiger partial charge in [0.05, 0.1) is 11.7 Å². The largest absolute Gasteiger partial charge is 0.374 e. The molecule has 7 nitrogen and oxygen atoms in total. The summed E-state index contributed by atoms with van der Waals surface area (Å²) >= 11 is 0. The summed E-state index contributed by atoms with van der Waals surface area (Å²) < 4.78 is 22.8. The van der Waals surface area contributed by atoms with E-state index in [2.05, 4.69) is 20.5 Å².